The Hall–Kier alpha value is -3.62. The molecule has 7 nitrogen and oxygen atoms in total. The van der Waals surface area contributed by atoms with Gasteiger partial charge in [-0.15, -0.1) is 0 Å². The Balaban J connectivity index is 1.50. The fourth-order valence-electron chi connectivity index (χ4n) is 4.72. The predicted molar refractivity (Wildman–Crippen MR) is 134 cm³/mol. The van der Waals surface area contributed by atoms with Gasteiger partial charge in [0.05, 0.1) is 17.6 Å². The van der Waals surface area contributed by atoms with E-state index in [1.54, 1.807) is 0 Å². The molecule has 1 saturated heterocycles. The van der Waals surface area contributed by atoms with Gasteiger partial charge in [-0.05, 0) is 30.3 Å². The van der Waals surface area contributed by atoms with Gasteiger partial charge in [-0.2, -0.15) is 0 Å². The highest BCUT2D eigenvalue weighted by atomic mass is 32.2. The number of quaternary nitrogens is 1. The van der Waals surface area contributed by atoms with Crippen molar-refractivity contribution < 1.29 is 14.3 Å². The van der Waals surface area contributed by atoms with Crippen molar-refractivity contribution in [3.05, 3.63) is 78.9 Å². The first-order valence-electron chi connectivity index (χ1n) is 11.2. The summed E-state index contributed by atoms with van der Waals surface area (Å²) in [6.07, 6.45) is 1.27. The Labute approximate surface area is 201 Å². The Morgan fingerprint density at radius 1 is 1.03 bits per heavy atom. The maximum atomic E-state index is 13.9. The van der Waals surface area contributed by atoms with Crippen LogP contribution in [0.25, 0.3) is 11.0 Å². The van der Waals surface area contributed by atoms with E-state index in [0.29, 0.717) is 41.7 Å². The molecule has 0 aliphatic carbocycles. The van der Waals surface area contributed by atoms with Crippen molar-refractivity contribution in [2.45, 2.75) is 24.0 Å². The van der Waals surface area contributed by atoms with Crippen molar-refractivity contribution in [3.8, 4) is 11.5 Å². The number of benzene rings is 3. The van der Waals surface area contributed by atoms with Crippen LogP contribution in [0, 0.1) is 0 Å². The molecule has 1 aliphatic heterocycles. The van der Waals surface area contributed by atoms with Crippen LogP contribution in [0.5, 0.6) is 11.5 Å². The molecular formula is C26H25N4O3S+. The van der Waals surface area contributed by atoms with Gasteiger partial charge in [0.1, 0.15) is 11.5 Å². The lowest BCUT2D eigenvalue weighted by molar-refractivity contribution is -0.134. The van der Waals surface area contributed by atoms with Crippen molar-refractivity contribution in [2.75, 3.05) is 12.3 Å². The number of para-hydroxylation sites is 5. The first kappa shape index (κ1) is 22.2. The number of carbonyl (C=O) groups is 2. The number of amides is 2. The largest absolute Gasteiger partial charge is 0.451 e. The van der Waals surface area contributed by atoms with Gasteiger partial charge in [0.2, 0.25) is 0 Å². The summed E-state index contributed by atoms with van der Waals surface area (Å²) in [5.41, 5.74) is 8.25. The lowest BCUT2D eigenvalue weighted by Gasteiger charge is -2.36. The molecule has 1 unspecified atom stereocenters. The molecular weight excluding hydrogens is 448 g/mol. The van der Waals surface area contributed by atoms with Gasteiger partial charge in [0.15, 0.2) is 22.6 Å². The van der Waals surface area contributed by atoms with Gasteiger partial charge in [0.25, 0.3) is 5.91 Å². The third-order valence-electron chi connectivity index (χ3n) is 6.26. The zero-order chi connectivity index (χ0) is 23.5. The monoisotopic (exact) mass is 473 g/mol. The standard InChI is InChI=1S/C26H24N4O3S/c27-25(32)22-14-8-16-30(22,21-13-6-7-15-23(21)33-18-9-2-1-3-10-18)24(31)17-34-26-28-19-11-4-5-12-20(19)29-26/h1-7,9-13,15,22H,8,14,16-17H2,(H2-,27,28,29,32)/p+1/t22-,30?/m0/s1. The fraction of sp³-hybridized carbons (Fsp3) is 0.192. The number of nitrogens with two attached hydrogens (primary N) is 1. The van der Waals surface area contributed by atoms with E-state index in [9.17, 15) is 9.59 Å². The Morgan fingerprint density at radius 3 is 2.56 bits per heavy atom. The van der Waals surface area contributed by atoms with Crippen molar-refractivity contribution in [1.82, 2.24) is 14.5 Å². The minimum Gasteiger partial charge on any atom is -0.451 e. The van der Waals surface area contributed by atoms with Crippen molar-refractivity contribution in [3.63, 3.8) is 0 Å². The quantitative estimate of drug-likeness (QED) is 0.301. The predicted octanol–water partition coefficient (Wildman–Crippen LogP) is 4.63. The average molecular weight is 474 g/mol. The second kappa shape index (κ2) is 9.32. The van der Waals surface area contributed by atoms with Crippen LogP contribution in [0.15, 0.2) is 84.0 Å². The Bertz CT molecular complexity index is 1310. The topological polar surface area (TPSA) is 98.1 Å². The number of aromatic nitrogens is 2. The van der Waals surface area contributed by atoms with Gasteiger partial charge in [-0.1, -0.05) is 54.2 Å². The van der Waals surface area contributed by atoms with Gasteiger partial charge in [-0.3, -0.25) is 4.79 Å². The molecule has 3 N–H and O–H groups in total. The van der Waals surface area contributed by atoms with Crippen LogP contribution >= 0.6 is 11.8 Å². The maximum Gasteiger partial charge on any atom is 0.329 e. The van der Waals surface area contributed by atoms with E-state index in [4.69, 9.17) is 10.5 Å². The Kier molecular flexibility index (Phi) is 6.08. The summed E-state index contributed by atoms with van der Waals surface area (Å²) in [6.45, 7) is 0.488. The molecule has 34 heavy (non-hydrogen) atoms. The number of primary amides is 1. The summed E-state index contributed by atoms with van der Waals surface area (Å²) in [5, 5.41) is 0.663. The molecule has 2 atom stereocenters. The summed E-state index contributed by atoms with van der Waals surface area (Å²) in [5.74, 6) is 0.768. The average Bonchev–Trinajstić information content (AvgIpc) is 3.49. The number of aromatic amines is 1. The number of thioether (sulfide) groups is 1. The van der Waals surface area contributed by atoms with E-state index in [-0.39, 0.29) is 16.1 Å². The highest BCUT2D eigenvalue weighted by molar-refractivity contribution is 7.99. The summed E-state index contributed by atoms with van der Waals surface area (Å²) in [7, 11) is 0. The van der Waals surface area contributed by atoms with E-state index >= 15 is 0 Å². The normalized spacial score (nSPS) is 19.8. The van der Waals surface area contributed by atoms with Crippen molar-refractivity contribution in [1.29, 1.82) is 0 Å². The number of nitrogens with one attached hydrogen (secondary N) is 1. The SMILES string of the molecule is NC(=O)[C@@H]1CCC[N+]1(C(=O)CSc1nc2ccccc2[nH]1)c1ccccc1Oc1ccccc1. The molecule has 1 fully saturated rings. The van der Waals surface area contributed by atoms with Crippen LogP contribution in [0.2, 0.25) is 0 Å². The summed E-state index contributed by atoms with van der Waals surface area (Å²) in [6, 6.07) is 23.9. The number of nitrogens with zero attached hydrogens (tertiary/aromatic N) is 2. The van der Waals surface area contributed by atoms with Crippen LogP contribution in [-0.2, 0) is 9.59 Å². The van der Waals surface area contributed by atoms with E-state index < -0.39 is 11.9 Å². The molecule has 1 aliphatic rings. The van der Waals surface area contributed by atoms with E-state index in [1.807, 2.05) is 78.9 Å². The molecule has 8 heteroatoms. The summed E-state index contributed by atoms with van der Waals surface area (Å²) in [4.78, 5) is 34.3. The molecule has 172 valence electrons. The molecule has 4 aromatic rings. The zero-order valence-corrected chi connectivity index (χ0v) is 19.3. The van der Waals surface area contributed by atoms with Gasteiger partial charge < -0.3 is 15.5 Å². The smallest absolute Gasteiger partial charge is 0.329 e. The maximum absolute atomic E-state index is 13.9. The third kappa shape index (κ3) is 4.06. The van der Waals surface area contributed by atoms with Crippen molar-refractivity contribution in [2.24, 2.45) is 5.73 Å². The summed E-state index contributed by atoms with van der Waals surface area (Å²) < 4.78 is 6.04. The third-order valence-corrected chi connectivity index (χ3v) is 7.12. The number of imidazole rings is 1. The Morgan fingerprint density at radius 2 is 1.76 bits per heavy atom. The second-order valence-corrected chi connectivity index (χ2v) is 9.24. The molecule has 2 heterocycles. The number of fused-ring (bicyclic) bond motifs is 1. The highest BCUT2D eigenvalue weighted by Crippen LogP contribution is 2.43. The van der Waals surface area contributed by atoms with Crippen LogP contribution in [0.1, 0.15) is 12.8 Å². The van der Waals surface area contributed by atoms with Crippen LogP contribution in [-0.4, -0.2) is 40.1 Å². The second-order valence-electron chi connectivity index (χ2n) is 8.28. The number of hydrogen-bond donors (Lipinski definition) is 2. The molecule has 0 spiro atoms. The molecule has 1 aromatic heterocycles. The number of carbonyl (C=O) groups excluding carboxylic acids is 2. The van der Waals surface area contributed by atoms with Gasteiger partial charge >= 0.3 is 5.91 Å². The van der Waals surface area contributed by atoms with Crippen LogP contribution in [0.4, 0.5) is 5.69 Å². The molecule has 5 rings (SSSR count). The van der Waals surface area contributed by atoms with Crippen LogP contribution < -0.4 is 15.0 Å². The molecule has 0 bridgehead atoms. The molecule has 0 radical (unpaired) electrons. The fourth-order valence-corrected chi connectivity index (χ4v) is 5.56. The highest BCUT2D eigenvalue weighted by Gasteiger charge is 2.54. The number of H-pyrrole nitrogens is 1. The van der Waals surface area contributed by atoms with Crippen LogP contribution in [0.3, 0.4) is 0 Å². The zero-order valence-electron chi connectivity index (χ0n) is 18.5. The van der Waals surface area contributed by atoms with Gasteiger partial charge in [0, 0.05) is 18.9 Å². The number of likely N-dealkylation sites (tertiary alicyclic amines) is 1. The first-order valence-corrected chi connectivity index (χ1v) is 12.2. The first-order chi connectivity index (χ1) is 16.6. The molecule has 2 amide bonds. The lowest BCUT2D eigenvalue weighted by Crippen LogP contribution is -2.62. The minimum absolute atomic E-state index is 0.101. The number of ether oxygens (including phenoxy) is 1. The van der Waals surface area contributed by atoms with E-state index in [1.165, 1.54) is 11.8 Å². The lowest BCUT2D eigenvalue weighted by atomic mass is 10.1. The molecule has 3 aromatic carbocycles. The number of rotatable bonds is 7. The summed E-state index contributed by atoms with van der Waals surface area (Å²) >= 11 is 1.33. The molecule has 0 saturated carbocycles. The van der Waals surface area contributed by atoms with Gasteiger partial charge in [-0.25, -0.2) is 14.3 Å². The van der Waals surface area contributed by atoms with E-state index in [0.717, 1.165) is 11.0 Å². The number of hydrogen-bond acceptors (Lipinski definition) is 5. The van der Waals surface area contributed by atoms with Crippen molar-refractivity contribution >= 4 is 40.3 Å². The minimum atomic E-state index is -0.649. The van der Waals surface area contributed by atoms with E-state index in [2.05, 4.69) is 9.97 Å².